The quantitative estimate of drug-likeness (QED) is 0.722. The van der Waals surface area contributed by atoms with Gasteiger partial charge in [0.1, 0.15) is 5.78 Å². The van der Waals surface area contributed by atoms with Gasteiger partial charge in [0.2, 0.25) is 0 Å². The molecular formula is C14H20OS. The van der Waals surface area contributed by atoms with Gasteiger partial charge in [0.05, 0.1) is 0 Å². The van der Waals surface area contributed by atoms with Crippen molar-refractivity contribution in [2.45, 2.75) is 51.4 Å². The molecule has 1 saturated carbocycles. The first-order chi connectivity index (χ1) is 7.84. The highest BCUT2D eigenvalue weighted by molar-refractivity contribution is 7.09. The zero-order chi connectivity index (χ0) is 11.2. The van der Waals surface area contributed by atoms with Gasteiger partial charge in [-0.1, -0.05) is 31.7 Å². The van der Waals surface area contributed by atoms with Crippen molar-refractivity contribution in [3.05, 3.63) is 22.4 Å². The van der Waals surface area contributed by atoms with Crippen LogP contribution in [-0.4, -0.2) is 5.78 Å². The van der Waals surface area contributed by atoms with Crippen molar-refractivity contribution in [3.8, 4) is 0 Å². The van der Waals surface area contributed by atoms with Gasteiger partial charge in [0.25, 0.3) is 0 Å². The molecule has 0 atom stereocenters. The Hall–Kier alpha value is -0.630. The van der Waals surface area contributed by atoms with Crippen LogP contribution in [0.25, 0.3) is 0 Å². The van der Waals surface area contributed by atoms with Gasteiger partial charge in [-0.05, 0) is 30.2 Å². The van der Waals surface area contributed by atoms with E-state index in [0.29, 0.717) is 11.7 Å². The molecule has 0 N–H and O–H groups in total. The Morgan fingerprint density at radius 1 is 1.38 bits per heavy atom. The lowest BCUT2D eigenvalue weighted by molar-refractivity contribution is -0.120. The summed E-state index contributed by atoms with van der Waals surface area (Å²) in [7, 11) is 0. The van der Waals surface area contributed by atoms with Crippen molar-refractivity contribution in [2.24, 2.45) is 5.92 Å². The molecule has 1 aliphatic rings. The molecule has 0 unspecified atom stereocenters. The van der Waals surface area contributed by atoms with Crippen molar-refractivity contribution in [2.75, 3.05) is 0 Å². The van der Waals surface area contributed by atoms with Crippen molar-refractivity contribution >= 4 is 17.1 Å². The molecule has 0 spiro atoms. The molecule has 0 saturated heterocycles. The van der Waals surface area contributed by atoms with Gasteiger partial charge in [-0.2, -0.15) is 0 Å². The smallest absolute Gasteiger partial charge is 0.133 e. The summed E-state index contributed by atoms with van der Waals surface area (Å²) in [6.45, 7) is 0. The third-order valence-electron chi connectivity index (χ3n) is 3.45. The number of thiophene rings is 1. The molecule has 88 valence electrons. The number of aryl methyl sites for hydroxylation is 1. The van der Waals surface area contributed by atoms with Crippen LogP contribution < -0.4 is 0 Å². The van der Waals surface area contributed by atoms with Gasteiger partial charge >= 0.3 is 0 Å². The van der Waals surface area contributed by atoms with Crippen LogP contribution in [0.1, 0.15) is 49.8 Å². The maximum atomic E-state index is 11.7. The molecular weight excluding hydrogens is 216 g/mol. The van der Waals surface area contributed by atoms with Gasteiger partial charge in [0.15, 0.2) is 0 Å². The van der Waals surface area contributed by atoms with E-state index >= 15 is 0 Å². The summed E-state index contributed by atoms with van der Waals surface area (Å²) in [5, 5.41) is 2.11. The maximum absolute atomic E-state index is 11.7. The first-order valence-electron chi connectivity index (χ1n) is 6.38. The molecule has 0 bridgehead atoms. The predicted octanol–water partition coefficient (Wildman–Crippen LogP) is 4.22. The van der Waals surface area contributed by atoms with Gasteiger partial charge in [-0.3, -0.25) is 4.79 Å². The first kappa shape index (κ1) is 11.8. The summed E-state index contributed by atoms with van der Waals surface area (Å²) >= 11 is 1.80. The summed E-state index contributed by atoms with van der Waals surface area (Å²) in [4.78, 5) is 13.1. The number of carbonyl (C=O) groups excluding carboxylic acids is 1. The van der Waals surface area contributed by atoms with Gasteiger partial charge < -0.3 is 0 Å². The van der Waals surface area contributed by atoms with Gasteiger partial charge in [0, 0.05) is 17.7 Å². The second-order valence-electron chi connectivity index (χ2n) is 4.83. The molecule has 1 aromatic heterocycles. The van der Waals surface area contributed by atoms with Crippen LogP contribution in [0, 0.1) is 5.92 Å². The van der Waals surface area contributed by atoms with Crippen molar-refractivity contribution < 1.29 is 4.79 Å². The summed E-state index contributed by atoms with van der Waals surface area (Å²) < 4.78 is 0. The highest BCUT2D eigenvalue weighted by Crippen LogP contribution is 2.28. The van der Waals surface area contributed by atoms with Crippen LogP contribution in [-0.2, 0) is 11.2 Å². The van der Waals surface area contributed by atoms with Crippen LogP contribution in [0.2, 0.25) is 0 Å². The van der Waals surface area contributed by atoms with E-state index in [9.17, 15) is 4.79 Å². The van der Waals surface area contributed by atoms with Gasteiger partial charge in [-0.25, -0.2) is 0 Å². The Labute approximate surface area is 102 Å². The monoisotopic (exact) mass is 236 g/mol. The minimum Gasteiger partial charge on any atom is -0.300 e. The lowest BCUT2D eigenvalue weighted by atomic mass is 9.98. The minimum atomic E-state index is 0.489. The van der Waals surface area contributed by atoms with E-state index in [1.165, 1.54) is 30.6 Å². The van der Waals surface area contributed by atoms with E-state index in [-0.39, 0.29) is 0 Å². The molecule has 0 aromatic carbocycles. The van der Waals surface area contributed by atoms with Crippen LogP contribution >= 0.6 is 11.3 Å². The zero-order valence-corrected chi connectivity index (χ0v) is 10.6. The summed E-state index contributed by atoms with van der Waals surface area (Å²) in [6.07, 6.45) is 9.01. The molecule has 16 heavy (non-hydrogen) atoms. The molecule has 0 aliphatic heterocycles. The van der Waals surface area contributed by atoms with E-state index in [0.717, 1.165) is 25.7 Å². The summed E-state index contributed by atoms with van der Waals surface area (Å²) in [6, 6.07) is 4.24. The lowest BCUT2D eigenvalue weighted by Gasteiger charge is -2.06. The summed E-state index contributed by atoms with van der Waals surface area (Å²) in [5.41, 5.74) is 0. The minimum absolute atomic E-state index is 0.489. The van der Waals surface area contributed by atoms with Crippen LogP contribution in [0.4, 0.5) is 0 Å². The molecule has 0 radical (unpaired) electrons. The fourth-order valence-corrected chi connectivity index (χ4v) is 3.30. The Morgan fingerprint density at radius 2 is 2.19 bits per heavy atom. The molecule has 1 aliphatic carbocycles. The van der Waals surface area contributed by atoms with E-state index in [1.54, 1.807) is 11.3 Å². The van der Waals surface area contributed by atoms with Crippen LogP contribution in [0.5, 0.6) is 0 Å². The van der Waals surface area contributed by atoms with E-state index in [4.69, 9.17) is 0 Å². The topological polar surface area (TPSA) is 17.1 Å². The number of hydrogen-bond acceptors (Lipinski definition) is 2. The Bertz CT molecular complexity index is 309. The second-order valence-corrected chi connectivity index (χ2v) is 5.86. The Balaban J connectivity index is 1.60. The predicted molar refractivity (Wildman–Crippen MR) is 68.8 cm³/mol. The fraction of sp³-hybridized carbons (Fsp3) is 0.643. The van der Waals surface area contributed by atoms with Crippen molar-refractivity contribution in [1.82, 2.24) is 0 Å². The largest absolute Gasteiger partial charge is 0.300 e. The first-order valence-corrected chi connectivity index (χ1v) is 7.26. The fourth-order valence-electron chi connectivity index (χ4n) is 2.55. The van der Waals surface area contributed by atoms with Crippen LogP contribution in [0.15, 0.2) is 17.5 Å². The Morgan fingerprint density at radius 3 is 2.88 bits per heavy atom. The van der Waals surface area contributed by atoms with Crippen LogP contribution in [0.3, 0.4) is 0 Å². The number of Topliss-reactive ketones (excluding diaryl/α,β-unsaturated/α-hetero) is 1. The molecule has 1 heterocycles. The maximum Gasteiger partial charge on any atom is 0.133 e. The number of rotatable bonds is 6. The molecule has 0 amide bonds. The third-order valence-corrected chi connectivity index (χ3v) is 4.39. The molecule has 1 nitrogen and oxygen atoms in total. The highest BCUT2D eigenvalue weighted by Gasteiger charge is 2.17. The third kappa shape index (κ3) is 3.75. The molecule has 2 rings (SSSR count). The van der Waals surface area contributed by atoms with E-state index in [2.05, 4.69) is 17.5 Å². The number of carbonyl (C=O) groups is 1. The number of ketones is 1. The highest BCUT2D eigenvalue weighted by atomic mass is 32.1. The van der Waals surface area contributed by atoms with Crippen molar-refractivity contribution in [1.29, 1.82) is 0 Å². The normalized spacial score (nSPS) is 16.8. The average Bonchev–Trinajstić information content (AvgIpc) is 2.90. The van der Waals surface area contributed by atoms with E-state index < -0.39 is 0 Å². The van der Waals surface area contributed by atoms with Crippen molar-refractivity contribution in [3.63, 3.8) is 0 Å². The average molecular weight is 236 g/mol. The second kappa shape index (κ2) is 6.19. The van der Waals surface area contributed by atoms with Gasteiger partial charge in [-0.15, -0.1) is 11.3 Å². The lowest BCUT2D eigenvalue weighted by Crippen LogP contribution is -2.05. The Kier molecular flexibility index (Phi) is 4.58. The van der Waals surface area contributed by atoms with E-state index in [1.807, 2.05) is 0 Å². The SMILES string of the molecule is O=C(CCCc1cccs1)CC1CCCC1. The standard InChI is InChI=1S/C14H20OS/c15-13(11-12-5-1-2-6-12)7-3-8-14-9-4-10-16-14/h4,9-10,12H,1-3,5-8,11H2. The zero-order valence-electron chi connectivity index (χ0n) is 9.78. The molecule has 1 fully saturated rings. The number of hydrogen-bond donors (Lipinski definition) is 0. The molecule has 1 aromatic rings. The molecule has 2 heteroatoms. The summed E-state index contributed by atoms with van der Waals surface area (Å²) in [5.74, 6) is 1.21.